The molecule has 0 atom stereocenters. The van der Waals surface area contributed by atoms with Crippen molar-refractivity contribution < 1.29 is 5.11 Å². The zero-order chi connectivity index (χ0) is 11.1. The minimum absolute atomic E-state index is 0.286. The Bertz CT molecular complexity index is 52.1. The first-order valence-electron chi connectivity index (χ1n) is 5.68. The van der Waals surface area contributed by atoms with Gasteiger partial charge in [0.05, 0.1) is 6.61 Å². The van der Waals surface area contributed by atoms with Gasteiger partial charge in [-0.2, -0.15) is 0 Å². The molecule has 0 fully saturated rings. The van der Waals surface area contributed by atoms with Crippen molar-refractivity contribution in [2.75, 3.05) is 26.2 Å². The number of rotatable bonds is 5. The predicted molar refractivity (Wildman–Crippen MR) is 62.2 cm³/mol. The average molecular weight is 191 g/mol. The highest BCUT2D eigenvalue weighted by molar-refractivity contribution is 4.51. The maximum Gasteiger partial charge on any atom is 0.0558 e. The maximum atomic E-state index is 8.55. The zero-order valence-corrected chi connectivity index (χ0v) is 10.4. The van der Waals surface area contributed by atoms with Crippen molar-refractivity contribution in [3.63, 3.8) is 0 Å². The van der Waals surface area contributed by atoms with Crippen molar-refractivity contribution in [1.29, 1.82) is 0 Å². The van der Waals surface area contributed by atoms with Gasteiger partial charge in [0.2, 0.25) is 0 Å². The van der Waals surface area contributed by atoms with Gasteiger partial charge in [0.1, 0.15) is 0 Å². The third-order valence-corrected chi connectivity index (χ3v) is 1.40. The molecule has 0 aromatic heterocycles. The standard InChI is InChI=1S/C7H17NO.2C2H6/c1-3-5-8(4-2)6-7-9;2*1-2/h9H,3-7H2,1-2H3;2*1-2H3. The van der Waals surface area contributed by atoms with E-state index in [1.54, 1.807) is 0 Å². The van der Waals surface area contributed by atoms with E-state index >= 15 is 0 Å². The lowest BCUT2D eigenvalue weighted by Crippen LogP contribution is -2.27. The lowest BCUT2D eigenvalue weighted by Gasteiger charge is -2.17. The van der Waals surface area contributed by atoms with E-state index < -0.39 is 0 Å². The van der Waals surface area contributed by atoms with Crippen LogP contribution in [0, 0.1) is 0 Å². The van der Waals surface area contributed by atoms with Crippen LogP contribution in [0.1, 0.15) is 48.0 Å². The van der Waals surface area contributed by atoms with Crippen LogP contribution in [0.4, 0.5) is 0 Å². The van der Waals surface area contributed by atoms with Gasteiger partial charge in [-0.05, 0) is 19.5 Å². The summed E-state index contributed by atoms with van der Waals surface area (Å²) in [5.74, 6) is 0. The Morgan fingerprint density at radius 1 is 0.923 bits per heavy atom. The normalized spacial score (nSPS) is 8.31. The second-order valence-corrected chi connectivity index (χ2v) is 2.16. The largest absolute Gasteiger partial charge is 0.395 e. The van der Waals surface area contributed by atoms with E-state index in [1.165, 1.54) is 6.42 Å². The van der Waals surface area contributed by atoms with Crippen LogP contribution >= 0.6 is 0 Å². The molecular weight excluding hydrogens is 162 g/mol. The minimum Gasteiger partial charge on any atom is -0.395 e. The highest BCUT2D eigenvalue weighted by Gasteiger charge is 1.96. The van der Waals surface area contributed by atoms with Crippen LogP contribution in [0.15, 0.2) is 0 Å². The summed E-state index contributed by atoms with van der Waals surface area (Å²) >= 11 is 0. The smallest absolute Gasteiger partial charge is 0.0558 e. The van der Waals surface area contributed by atoms with Gasteiger partial charge in [0, 0.05) is 6.54 Å². The molecular formula is C11H29NO. The summed E-state index contributed by atoms with van der Waals surface area (Å²) in [6.45, 7) is 15.5. The lowest BCUT2D eigenvalue weighted by atomic mass is 10.4. The molecule has 1 N–H and O–H groups in total. The summed E-state index contributed by atoms with van der Waals surface area (Å²) in [6.07, 6.45) is 1.17. The first kappa shape index (κ1) is 18.7. The van der Waals surface area contributed by atoms with Crippen LogP contribution in [0.25, 0.3) is 0 Å². The second kappa shape index (κ2) is 22.7. The Labute approximate surface area is 85.0 Å². The first-order valence-corrected chi connectivity index (χ1v) is 5.68. The van der Waals surface area contributed by atoms with Gasteiger partial charge in [-0.3, -0.25) is 0 Å². The fourth-order valence-electron chi connectivity index (χ4n) is 0.886. The van der Waals surface area contributed by atoms with Gasteiger partial charge in [0.25, 0.3) is 0 Å². The van der Waals surface area contributed by atoms with Gasteiger partial charge < -0.3 is 10.0 Å². The summed E-state index contributed by atoms with van der Waals surface area (Å²) in [6, 6.07) is 0. The summed E-state index contributed by atoms with van der Waals surface area (Å²) in [5.41, 5.74) is 0. The number of likely N-dealkylation sites (N-methyl/N-ethyl adjacent to an activating group) is 1. The van der Waals surface area contributed by atoms with Crippen molar-refractivity contribution in [2.45, 2.75) is 48.0 Å². The van der Waals surface area contributed by atoms with Crippen LogP contribution in [-0.4, -0.2) is 36.2 Å². The zero-order valence-electron chi connectivity index (χ0n) is 10.4. The molecule has 13 heavy (non-hydrogen) atoms. The van der Waals surface area contributed by atoms with Crippen LogP contribution in [0.3, 0.4) is 0 Å². The van der Waals surface area contributed by atoms with E-state index in [0.29, 0.717) is 0 Å². The van der Waals surface area contributed by atoms with E-state index in [1.807, 2.05) is 27.7 Å². The number of aliphatic hydroxyl groups excluding tert-OH is 1. The van der Waals surface area contributed by atoms with Crippen molar-refractivity contribution in [3.05, 3.63) is 0 Å². The Kier molecular flexibility index (Phi) is 32.5. The lowest BCUT2D eigenvalue weighted by molar-refractivity contribution is 0.202. The average Bonchev–Trinajstić information content (AvgIpc) is 2.23. The van der Waals surface area contributed by atoms with E-state index in [9.17, 15) is 0 Å². The molecule has 0 saturated heterocycles. The van der Waals surface area contributed by atoms with E-state index in [-0.39, 0.29) is 6.61 Å². The highest BCUT2D eigenvalue weighted by Crippen LogP contribution is 1.88. The van der Waals surface area contributed by atoms with Gasteiger partial charge in [-0.1, -0.05) is 41.5 Å². The first-order chi connectivity index (χ1) is 6.35. The fraction of sp³-hybridized carbons (Fsp3) is 1.00. The van der Waals surface area contributed by atoms with Crippen molar-refractivity contribution in [2.24, 2.45) is 0 Å². The molecule has 0 spiro atoms. The molecule has 0 bridgehead atoms. The molecule has 0 radical (unpaired) electrons. The third kappa shape index (κ3) is 18.7. The number of hydrogen-bond donors (Lipinski definition) is 1. The SMILES string of the molecule is CC.CC.CCCN(CC)CCO. The maximum absolute atomic E-state index is 8.55. The molecule has 0 aliphatic carbocycles. The molecule has 2 heteroatoms. The molecule has 0 aliphatic rings. The number of nitrogens with zero attached hydrogens (tertiary/aromatic N) is 1. The highest BCUT2D eigenvalue weighted by atomic mass is 16.3. The van der Waals surface area contributed by atoms with Crippen molar-refractivity contribution >= 4 is 0 Å². The second-order valence-electron chi connectivity index (χ2n) is 2.16. The molecule has 0 aromatic rings. The summed E-state index contributed by atoms with van der Waals surface area (Å²) in [5, 5.41) is 8.55. The van der Waals surface area contributed by atoms with Gasteiger partial charge >= 0.3 is 0 Å². The third-order valence-electron chi connectivity index (χ3n) is 1.40. The minimum atomic E-state index is 0.286. The Morgan fingerprint density at radius 2 is 1.38 bits per heavy atom. The van der Waals surface area contributed by atoms with E-state index in [4.69, 9.17) is 5.11 Å². The number of aliphatic hydroxyl groups is 1. The van der Waals surface area contributed by atoms with E-state index in [0.717, 1.165) is 19.6 Å². The molecule has 0 aromatic carbocycles. The molecule has 0 rings (SSSR count). The Balaban J connectivity index is -0.000000218. The Morgan fingerprint density at radius 3 is 1.62 bits per heavy atom. The molecule has 84 valence electrons. The Hall–Kier alpha value is -0.0800. The van der Waals surface area contributed by atoms with Crippen molar-refractivity contribution in [3.8, 4) is 0 Å². The summed E-state index contributed by atoms with van der Waals surface area (Å²) < 4.78 is 0. The van der Waals surface area contributed by atoms with Crippen molar-refractivity contribution in [1.82, 2.24) is 4.90 Å². The number of hydrogen-bond acceptors (Lipinski definition) is 2. The topological polar surface area (TPSA) is 23.5 Å². The molecule has 0 amide bonds. The molecule has 0 heterocycles. The van der Waals surface area contributed by atoms with Crippen LogP contribution < -0.4 is 0 Å². The monoisotopic (exact) mass is 191 g/mol. The van der Waals surface area contributed by atoms with Gasteiger partial charge in [0.15, 0.2) is 0 Å². The molecule has 0 unspecified atom stereocenters. The molecule has 0 aliphatic heterocycles. The van der Waals surface area contributed by atoms with Crippen LogP contribution in [-0.2, 0) is 0 Å². The molecule has 2 nitrogen and oxygen atoms in total. The van der Waals surface area contributed by atoms with Gasteiger partial charge in [-0.25, -0.2) is 0 Å². The summed E-state index contributed by atoms with van der Waals surface area (Å²) in [7, 11) is 0. The van der Waals surface area contributed by atoms with Crippen LogP contribution in [0.2, 0.25) is 0 Å². The quantitative estimate of drug-likeness (QED) is 0.722. The van der Waals surface area contributed by atoms with Gasteiger partial charge in [-0.15, -0.1) is 0 Å². The van der Waals surface area contributed by atoms with Crippen LogP contribution in [0.5, 0.6) is 0 Å². The predicted octanol–water partition coefficient (Wildman–Crippen LogP) is 2.76. The summed E-state index contributed by atoms with van der Waals surface area (Å²) in [4.78, 5) is 2.24. The molecule has 0 saturated carbocycles. The van der Waals surface area contributed by atoms with E-state index in [2.05, 4.69) is 18.7 Å². The fourth-order valence-corrected chi connectivity index (χ4v) is 0.886.